The number of hydrogen-bond acceptors (Lipinski definition) is 3. The average Bonchev–Trinajstić information content (AvgIpc) is 2.61. The highest BCUT2D eigenvalue weighted by Crippen LogP contribution is 2.32. The third-order valence-corrected chi connectivity index (χ3v) is 4.40. The minimum Gasteiger partial charge on any atom is -0.450 e. The van der Waals surface area contributed by atoms with E-state index in [1.165, 1.54) is 35.0 Å². The molecule has 1 fully saturated rings. The Morgan fingerprint density at radius 2 is 2.00 bits per heavy atom. The fourth-order valence-corrected chi connectivity index (χ4v) is 3.14. The second kappa shape index (κ2) is 8.42. The lowest BCUT2D eigenvalue weighted by Gasteiger charge is -2.33. The van der Waals surface area contributed by atoms with E-state index in [1.807, 2.05) is 0 Å². The molecule has 8 heteroatoms. The molecule has 2 rings (SSSR count). The summed E-state index contributed by atoms with van der Waals surface area (Å²) in [6, 6.07) is 5.23. The maximum Gasteiger partial charge on any atom is 0.416 e. The van der Waals surface area contributed by atoms with Crippen molar-refractivity contribution in [2.45, 2.75) is 32.5 Å². The molecule has 1 aliphatic heterocycles. The van der Waals surface area contributed by atoms with E-state index >= 15 is 0 Å². The molecule has 0 aliphatic carbocycles. The summed E-state index contributed by atoms with van der Waals surface area (Å²) in [7, 11) is 1.48. The lowest BCUT2D eigenvalue weighted by molar-refractivity contribution is -0.141. The molecule has 0 saturated carbocycles. The summed E-state index contributed by atoms with van der Waals surface area (Å²) in [6.07, 6.45) is -3.68. The Morgan fingerprint density at radius 1 is 1.31 bits per heavy atom. The Balaban J connectivity index is 2.05. The fourth-order valence-electron chi connectivity index (χ4n) is 3.14. The van der Waals surface area contributed by atoms with Gasteiger partial charge < -0.3 is 14.5 Å². The van der Waals surface area contributed by atoms with Crippen LogP contribution in [0.3, 0.4) is 0 Å². The minimum absolute atomic E-state index is 0.0499. The van der Waals surface area contributed by atoms with Gasteiger partial charge in [-0.15, -0.1) is 0 Å². The van der Waals surface area contributed by atoms with Gasteiger partial charge in [0.15, 0.2) is 0 Å². The van der Waals surface area contributed by atoms with Crippen LogP contribution in [-0.2, 0) is 22.3 Å². The largest absolute Gasteiger partial charge is 0.450 e. The van der Waals surface area contributed by atoms with E-state index in [9.17, 15) is 22.8 Å². The molecule has 0 radical (unpaired) electrons. The molecule has 0 N–H and O–H groups in total. The molecule has 1 aliphatic rings. The summed E-state index contributed by atoms with van der Waals surface area (Å²) in [6.45, 7) is 2.56. The lowest BCUT2D eigenvalue weighted by atomic mass is 9.96. The van der Waals surface area contributed by atoms with Crippen molar-refractivity contribution in [3.05, 3.63) is 35.4 Å². The fraction of sp³-hybridized carbons (Fsp3) is 0.556. The van der Waals surface area contributed by atoms with Crippen molar-refractivity contribution < 1.29 is 27.5 Å². The predicted molar refractivity (Wildman–Crippen MR) is 89.2 cm³/mol. The monoisotopic (exact) mass is 372 g/mol. The van der Waals surface area contributed by atoms with Gasteiger partial charge in [0.1, 0.15) is 0 Å². The van der Waals surface area contributed by atoms with Gasteiger partial charge in [-0.3, -0.25) is 4.79 Å². The number of amides is 2. The first kappa shape index (κ1) is 20.1. The second-order valence-corrected chi connectivity index (χ2v) is 6.33. The Morgan fingerprint density at radius 3 is 2.65 bits per heavy atom. The third-order valence-electron chi connectivity index (χ3n) is 4.40. The number of likely N-dealkylation sites (tertiary alicyclic amines) is 1. The Hall–Kier alpha value is -2.25. The van der Waals surface area contributed by atoms with E-state index in [2.05, 4.69) is 0 Å². The van der Waals surface area contributed by atoms with Crippen molar-refractivity contribution in [3.63, 3.8) is 0 Å². The van der Waals surface area contributed by atoms with E-state index in [-0.39, 0.29) is 31.2 Å². The van der Waals surface area contributed by atoms with Crippen LogP contribution in [0, 0.1) is 5.92 Å². The van der Waals surface area contributed by atoms with Gasteiger partial charge >= 0.3 is 12.3 Å². The Kier molecular flexibility index (Phi) is 6.50. The molecule has 1 aromatic carbocycles. The molecule has 1 heterocycles. The van der Waals surface area contributed by atoms with Gasteiger partial charge in [0, 0.05) is 26.7 Å². The van der Waals surface area contributed by atoms with Crippen molar-refractivity contribution in [1.82, 2.24) is 9.80 Å². The van der Waals surface area contributed by atoms with Crippen molar-refractivity contribution in [3.8, 4) is 0 Å². The topological polar surface area (TPSA) is 49.9 Å². The zero-order chi connectivity index (χ0) is 19.3. The Labute approximate surface area is 150 Å². The van der Waals surface area contributed by atoms with Crippen LogP contribution in [-0.4, -0.2) is 48.5 Å². The van der Waals surface area contributed by atoms with Gasteiger partial charge in [-0.2, -0.15) is 13.2 Å². The lowest BCUT2D eigenvalue weighted by Crippen LogP contribution is -2.46. The molecule has 1 unspecified atom stereocenters. The number of ether oxygens (including phenoxy) is 1. The molecule has 2 amide bonds. The average molecular weight is 372 g/mol. The van der Waals surface area contributed by atoms with Crippen LogP contribution in [0.4, 0.5) is 18.0 Å². The molecule has 26 heavy (non-hydrogen) atoms. The SMILES string of the molecule is CCOC(=O)N1CCCC(C(=O)N(C)Cc2ccccc2C(F)(F)F)C1. The van der Waals surface area contributed by atoms with E-state index in [1.54, 1.807) is 6.92 Å². The van der Waals surface area contributed by atoms with Crippen LogP contribution in [0.2, 0.25) is 0 Å². The predicted octanol–water partition coefficient (Wildman–Crippen LogP) is 3.53. The molecule has 144 valence electrons. The molecule has 5 nitrogen and oxygen atoms in total. The highest BCUT2D eigenvalue weighted by molar-refractivity contribution is 5.80. The summed E-state index contributed by atoms with van der Waals surface area (Å²) in [5.41, 5.74) is -0.689. The minimum atomic E-state index is -4.47. The summed E-state index contributed by atoms with van der Waals surface area (Å²) >= 11 is 0. The maximum atomic E-state index is 13.1. The summed E-state index contributed by atoms with van der Waals surface area (Å²) in [5, 5.41) is 0. The normalized spacial score (nSPS) is 17.7. The molecule has 1 saturated heterocycles. The van der Waals surface area contributed by atoms with Crippen LogP contribution in [0.1, 0.15) is 30.9 Å². The molecule has 0 aromatic heterocycles. The summed E-state index contributed by atoms with van der Waals surface area (Å²) < 4.78 is 44.3. The summed E-state index contributed by atoms with van der Waals surface area (Å²) in [4.78, 5) is 27.3. The van der Waals surface area contributed by atoms with Gasteiger partial charge in [-0.25, -0.2) is 4.79 Å². The summed E-state index contributed by atoms with van der Waals surface area (Å²) in [5.74, 6) is -0.702. The van der Waals surface area contributed by atoms with Gasteiger partial charge in [-0.05, 0) is 31.4 Å². The van der Waals surface area contributed by atoms with Gasteiger partial charge in [0.25, 0.3) is 0 Å². The molecular weight excluding hydrogens is 349 g/mol. The number of carbonyl (C=O) groups excluding carboxylic acids is 2. The number of carbonyl (C=O) groups is 2. The number of hydrogen-bond donors (Lipinski definition) is 0. The molecule has 1 atom stereocenters. The van der Waals surface area contributed by atoms with Crippen molar-refractivity contribution in [1.29, 1.82) is 0 Å². The standard InChI is InChI=1S/C18H23F3N2O3/c1-3-26-17(25)23-10-6-8-14(12-23)16(24)22(2)11-13-7-4-5-9-15(13)18(19,20)21/h4-5,7,9,14H,3,6,8,10-12H2,1-2H3. The van der Waals surface area contributed by atoms with Gasteiger partial charge in [-0.1, -0.05) is 18.2 Å². The Bertz CT molecular complexity index is 649. The molecule has 0 spiro atoms. The number of rotatable bonds is 4. The van der Waals surface area contributed by atoms with Crippen molar-refractivity contribution in [2.24, 2.45) is 5.92 Å². The second-order valence-electron chi connectivity index (χ2n) is 6.33. The first-order valence-electron chi connectivity index (χ1n) is 8.55. The first-order valence-corrected chi connectivity index (χ1v) is 8.55. The van der Waals surface area contributed by atoms with Gasteiger partial charge in [0.05, 0.1) is 18.1 Å². The number of nitrogens with zero attached hydrogens (tertiary/aromatic N) is 2. The number of piperidine rings is 1. The van der Waals surface area contributed by atoms with E-state index < -0.39 is 23.8 Å². The zero-order valence-electron chi connectivity index (χ0n) is 14.9. The van der Waals surface area contributed by atoms with E-state index in [4.69, 9.17) is 4.74 Å². The molecular formula is C18H23F3N2O3. The van der Waals surface area contributed by atoms with Crippen LogP contribution < -0.4 is 0 Å². The van der Waals surface area contributed by atoms with Crippen LogP contribution >= 0.6 is 0 Å². The van der Waals surface area contributed by atoms with Crippen molar-refractivity contribution in [2.75, 3.05) is 26.7 Å². The zero-order valence-corrected chi connectivity index (χ0v) is 14.9. The number of benzene rings is 1. The van der Waals surface area contributed by atoms with E-state index in [0.717, 1.165) is 6.07 Å². The number of halogens is 3. The smallest absolute Gasteiger partial charge is 0.416 e. The van der Waals surface area contributed by atoms with Crippen molar-refractivity contribution >= 4 is 12.0 Å². The molecule has 1 aromatic rings. The quantitative estimate of drug-likeness (QED) is 0.812. The highest BCUT2D eigenvalue weighted by Gasteiger charge is 2.34. The van der Waals surface area contributed by atoms with Crippen LogP contribution in [0.25, 0.3) is 0 Å². The van der Waals surface area contributed by atoms with Gasteiger partial charge in [0.2, 0.25) is 5.91 Å². The van der Waals surface area contributed by atoms with E-state index in [0.29, 0.717) is 19.4 Å². The van der Waals surface area contributed by atoms with Crippen LogP contribution in [0.15, 0.2) is 24.3 Å². The third kappa shape index (κ3) is 4.89. The number of alkyl halides is 3. The highest BCUT2D eigenvalue weighted by atomic mass is 19.4. The van der Waals surface area contributed by atoms with Crippen LogP contribution in [0.5, 0.6) is 0 Å². The first-order chi connectivity index (χ1) is 12.2. The molecule has 0 bridgehead atoms. The maximum absolute atomic E-state index is 13.1.